The molecule has 0 unspecified atom stereocenters. The van der Waals surface area contributed by atoms with Crippen molar-refractivity contribution in [3.05, 3.63) is 45.8 Å². The van der Waals surface area contributed by atoms with Gasteiger partial charge in [-0.25, -0.2) is 0 Å². The minimum atomic E-state index is -0.579. The van der Waals surface area contributed by atoms with Gasteiger partial charge >= 0.3 is 0 Å². The van der Waals surface area contributed by atoms with Gasteiger partial charge in [-0.05, 0) is 6.07 Å². The second-order valence-corrected chi connectivity index (χ2v) is 4.73. The Bertz CT molecular complexity index is 756. The lowest BCUT2D eigenvalue weighted by atomic mass is 10.1. The molecule has 0 atom stereocenters. The zero-order chi connectivity index (χ0) is 17.7. The van der Waals surface area contributed by atoms with Crippen LogP contribution in [0.25, 0.3) is 0 Å². The van der Waals surface area contributed by atoms with Gasteiger partial charge in [-0.3, -0.25) is 14.9 Å². The number of rotatable bonds is 7. The lowest BCUT2D eigenvalue weighted by molar-refractivity contribution is -0.384. The Hall–Kier alpha value is -3.23. The molecule has 1 amide bonds. The summed E-state index contributed by atoms with van der Waals surface area (Å²) in [5, 5.41) is 13.3. The van der Waals surface area contributed by atoms with Crippen molar-refractivity contribution in [2.75, 3.05) is 21.3 Å². The van der Waals surface area contributed by atoms with Crippen LogP contribution in [0.3, 0.4) is 0 Å². The zero-order valence-corrected chi connectivity index (χ0v) is 13.4. The van der Waals surface area contributed by atoms with Crippen LogP contribution in [-0.2, 0) is 6.54 Å². The van der Waals surface area contributed by atoms with Gasteiger partial charge in [0, 0.05) is 24.2 Å². The predicted octanol–water partition coefficient (Wildman–Crippen LogP) is 1.88. The molecule has 1 heterocycles. The summed E-state index contributed by atoms with van der Waals surface area (Å²) in [5.41, 5.74) is 0.592. The first-order valence-corrected chi connectivity index (χ1v) is 6.90. The van der Waals surface area contributed by atoms with E-state index in [1.165, 1.54) is 27.4 Å². The third-order valence-electron chi connectivity index (χ3n) is 3.35. The molecule has 0 saturated carbocycles. The van der Waals surface area contributed by atoms with Crippen molar-refractivity contribution in [3.63, 3.8) is 0 Å². The first kappa shape index (κ1) is 17.1. The lowest BCUT2D eigenvalue weighted by Crippen LogP contribution is -2.23. The van der Waals surface area contributed by atoms with E-state index in [-0.39, 0.29) is 17.9 Å². The number of aromatic amines is 1. The second kappa shape index (κ2) is 7.36. The van der Waals surface area contributed by atoms with Gasteiger partial charge in [0.1, 0.15) is 11.4 Å². The van der Waals surface area contributed by atoms with Crippen LogP contribution in [0, 0.1) is 10.1 Å². The molecule has 1 aromatic heterocycles. The van der Waals surface area contributed by atoms with Crippen LogP contribution in [0.1, 0.15) is 16.1 Å². The molecule has 0 fully saturated rings. The fourth-order valence-corrected chi connectivity index (χ4v) is 2.12. The lowest BCUT2D eigenvalue weighted by Gasteiger charge is -2.14. The van der Waals surface area contributed by atoms with Gasteiger partial charge in [0.2, 0.25) is 0 Å². The smallest absolute Gasteiger partial charge is 0.287 e. The van der Waals surface area contributed by atoms with Crippen LogP contribution in [0.4, 0.5) is 5.69 Å². The van der Waals surface area contributed by atoms with E-state index in [0.717, 1.165) is 6.20 Å². The summed E-state index contributed by atoms with van der Waals surface area (Å²) >= 11 is 0. The van der Waals surface area contributed by atoms with E-state index in [1.807, 2.05) is 0 Å². The van der Waals surface area contributed by atoms with E-state index < -0.39 is 10.8 Å². The van der Waals surface area contributed by atoms with Crippen molar-refractivity contribution in [1.29, 1.82) is 0 Å². The Balaban J connectivity index is 2.15. The molecule has 0 bridgehead atoms. The van der Waals surface area contributed by atoms with Crippen LogP contribution >= 0.6 is 0 Å². The molecular formula is C15H17N3O6. The van der Waals surface area contributed by atoms with Gasteiger partial charge in [-0.2, -0.15) is 0 Å². The molecule has 0 aliphatic carbocycles. The quantitative estimate of drug-likeness (QED) is 0.589. The predicted molar refractivity (Wildman–Crippen MR) is 84.7 cm³/mol. The molecule has 0 aliphatic rings. The molecule has 1 aromatic carbocycles. The van der Waals surface area contributed by atoms with Crippen molar-refractivity contribution in [1.82, 2.24) is 10.3 Å². The fourth-order valence-electron chi connectivity index (χ4n) is 2.12. The van der Waals surface area contributed by atoms with Gasteiger partial charge < -0.3 is 24.5 Å². The van der Waals surface area contributed by atoms with E-state index in [1.54, 1.807) is 12.1 Å². The number of carbonyl (C=O) groups is 1. The maximum absolute atomic E-state index is 12.1. The number of H-pyrrole nitrogens is 1. The number of nitrogens with one attached hydrogen (secondary N) is 2. The SMILES string of the molecule is COc1cc(OC)c(OC)cc1CNC(=O)c1cc([N+](=O)[O-])c[nH]1. The molecule has 2 N–H and O–H groups in total. The largest absolute Gasteiger partial charge is 0.496 e. The number of methoxy groups -OCH3 is 3. The zero-order valence-electron chi connectivity index (χ0n) is 13.4. The minimum Gasteiger partial charge on any atom is -0.496 e. The molecular weight excluding hydrogens is 318 g/mol. The van der Waals surface area contributed by atoms with Crippen molar-refractivity contribution in [3.8, 4) is 17.2 Å². The summed E-state index contributed by atoms with van der Waals surface area (Å²) in [4.78, 5) is 24.7. The molecule has 9 nitrogen and oxygen atoms in total. The third-order valence-corrected chi connectivity index (χ3v) is 3.35. The molecule has 0 aliphatic heterocycles. The summed E-state index contributed by atoms with van der Waals surface area (Å²) in [6.45, 7) is 0.148. The Kier molecular flexibility index (Phi) is 5.25. The standard InChI is InChI=1S/C15H17N3O6/c1-22-12-6-14(24-3)13(23-2)4-9(12)7-17-15(19)11-5-10(8-16-11)18(20)21/h4-6,8,16H,7H2,1-3H3,(H,17,19). The van der Waals surface area contributed by atoms with Crippen molar-refractivity contribution in [2.45, 2.75) is 6.54 Å². The number of ether oxygens (including phenoxy) is 3. The Morgan fingerprint density at radius 3 is 2.29 bits per heavy atom. The van der Waals surface area contributed by atoms with E-state index in [9.17, 15) is 14.9 Å². The van der Waals surface area contributed by atoms with Gasteiger partial charge in [0.15, 0.2) is 11.5 Å². The van der Waals surface area contributed by atoms with Crippen LogP contribution in [0.15, 0.2) is 24.4 Å². The van der Waals surface area contributed by atoms with Crippen molar-refractivity contribution >= 4 is 11.6 Å². The number of nitrogens with zero attached hydrogens (tertiary/aromatic N) is 1. The Labute approximate surface area is 137 Å². The van der Waals surface area contributed by atoms with Gasteiger partial charge in [-0.1, -0.05) is 0 Å². The maximum atomic E-state index is 12.1. The highest BCUT2D eigenvalue weighted by atomic mass is 16.6. The highest BCUT2D eigenvalue weighted by Gasteiger charge is 2.16. The van der Waals surface area contributed by atoms with E-state index >= 15 is 0 Å². The molecule has 2 rings (SSSR count). The number of hydrogen-bond acceptors (Lipinski definition) is 6. The number of benzene rings is 1. The summed E-state index contributed by atoms with van der Waals surface area (Å²) in [5.74, 6) is 1.05. The number of amides is 1. The van der Waals surface area contributed by atoms with E-state index in [0.29, 0.717) is 22.8 Å². The summed E-state index contributed by atoms with van der Waals surface area (Å²) in [7, 11) is 4.52. The second-order valence-electron chi connectivity index (χ2n) is 4.73. The molecule has 9 heteroatoms. The topological polar surface area (TPSA) is 116 Å². The molecule has 0 saturated heterocycles. The first-order valence-electron chi connectivity index (χ1n) is 6.90. The van der Waals surface area contributed by atoms with Crippen LogP contribution in [0.2, 0.25) is 0 Å². The normalized spacial score (nSPS) is 10.1. The van der Waals surface area contributed by atoms with Gasteiger partial charge in [-0.15, -0.1) is 0 Å². The van der Waals surface area contributed by atoms with Crippen LogP contribution in [-0.4, -0.2) is 37.1 Å². The minimum absolute atomic E-state index is 0.0983. The summed E-state index contributed by atoms with van der Waals surface area (Å²) < 4.78 is 15.7. The molecule has 24 heavy (non-hydrogen) atoms. The molecule has 2 aromatic rings. The molecule has 0 radical (unpaired) electrons. The summed E-state index contributed by atoms with van der Waals surface area (Å²) in [6.07, 6.45) is 1.16. The van der Waals surface area contributed by atoms with E-state index in [4.69, 9.17) is 14.2 Å². The average molecular weight is 335 g/mol. The number of hydrogen-bond donors (Lipinski definition) is 2. The third kappa shape index (κ3) is 3.57. The van der Waals surface area contributed by atoms with E-state index in [2.05, 4.69) is 10.3 Å². The highest BCUT2D eigenvalue weighted by molar-refractivity contribution is 5.93. The van der Waals surface area contributed by atoms with Crippen molar-refractivity contribution in [2.24, 2.45) is 0 Å². The summed E-state index contributed by atoms with van der Waals surface area (Å²) in [6, 6.07) is 4.51. The molecule has 128 valence electrons. The maximum Gasteiger partial charge on any atom is 0.287 e. The highest BCUT2D eigenvalue weighted by Crippen LogP contribution is 2.34. The molecule has 0 spiro atoms. The average Bonchev–Trinajstić information content (AvgIpc) is 3.09. The monoisotopic (exact) mass is 335 g/mol. The Morgan fingerprint density at radius 2 is 1.75 bits per heavy atom. The van der Waals surface area contributed by atoms with Crippen LogP contribution in [0.5, 0.6) is 17.2 Å². The number of aromatic nitrogens is 1. The fraction of sp³-hybridized carbons (Fsp3) is 0.267. The van der Waals surface area contributed by atoms with Crippen molar-refractivity contribution < 1.29 is 23.9 Å². The number of nitro groups is 1. The van der Waals surface area contributed by atoms with Gasteiger partial charge in [0.05, 0.1) is 32.4 Å². The van der Waals surface area contributed by atoms with Crippen LogP contribution < -0.4 is 19.5 Å². The van der Waals surface area contributed by atoms with Gasteiger partial charge in [0.25, 0.3) is 11.6 Å². The Morgan fingerprint density at radius 1 is 1.12 bits per heavy atom. The first-order chi connectivity index (χ1) is 11.5. The number of carbonyl (C=O) groups excluding carboxylic acids is 1.